The molecule has 2 N–H and O–H groups in total. The van der Waals surface area contributed by atoms with E-state index in [-0.39, 0.29) is 11.3 Å². The Labute approximate surface area is 173 Å². The number of ether oxygens (including phenoxy) is 1. The van der Waals surface area contributed by atoms with Gasteiger partial charge in [0.25, 0.3) is 0 Å². The van der Waals surface area contributed by atoms with Gasteiger partial charge < -0.3 is 14.9 Å². The van der Waals surface area contributed by atoms with Gasteiger partial charge in [-0.3, -0.25) is 4.84 Å². The Bertz CT molecular complexity index is 966. The molecular formula is C18H22N4O7S. The minimum Gasteiger partial charge on any atom is -0.492 e. The molecule has 0 bridgehead atoms. The maximum Gasteiger partial charge on any atom is 0.534 e. The molecule has 11 nitrogen and oxygen atoms in total. The van der Waals surface area contributed by atoms with Crippen LogP contribution in [0.3, 0.4) is 0 Å². The van der Waals surface area contributed by atoms with E-state index in [2.05, 4.69) is 10.0 Å². The fourth-order valence-electron chi connectivity index (χ4n) is 2.65. The van der Waals surface area contributed by atoms with Crippen LogP contribution in [0.2, 0.25) is 0 Å². The highest BCUT2D eigenvalue weighted by molar-refractivity contribution is 7.91. The summed E-state index contributed by atoms with van der Waals surface area (Å²) >= 11 is 0. The van der Waals surface area contributed by atoms with Crippen molar-refractivity contribution in [3.8, 4) is 11.8 Å². The molecule has 0 aliphatic rings. The number of rotatable bonds is 11. The summed E-state index contributed by atoms with van der Waals surface area (Å²) < 4.78 is 30.9. The summed E-state index contributed by atoms with van der Waals surface area (Å²) in [6, 6.07) is 9.95. The molecule has 2 rings (SSSR count). The normalized spacial score (nSPS) is 12.0. The van der Waals surface area contributed by atoms with Crippen LogP contribution >= 0.6 is 0 Å². The number of carbonyl (C=O) groups is 1. The highest BCUT2D eigenvalue weighted by atomic mass is 32.2. The zero-order chi connectivity index (χ0) is 22.0. The molecule has 2 aromatic rings. The first-order chi connectivity index (χ1) is 14.3. The fraction of sp³-hybridized carbons (Fsp3) is 0.389. The molecule has 1 aromatic carbocycles. The van der Waals surface area contributed by atoms with Gasteiger partial charge in [0.1, 0.15) is 6.10 Å². The van der Waals surface area contributed by atoms with E-state index in [1.165, 1.54) is 12.1 Å². The van der Waals surface area contributed by atoms with Crippen LogP contribution in [0.4, 0.5) is 4.79 Å². The number of nitrogens with zero attached hydrogens (tertiary/aromatic N) is 4. The molecule has 1 heterocycles. The number of sulfone groups is 1. The maximum absolute atomic E-state index is 12.7. The summed E-state index contributed by atoms with van der Waals surface area (Å²) in [7, 11) is -3.74. The van der Waals surface area contributed by atoms with Crippen molar-refractivity contribution >= 4 is 16.0 Å². The lowest BCUT2D eigenvalue weighted by Gasteiger charge is -2.18. The van der Waals surface area contributed by atoms with E-state index in [4.69, 9.17) is 15.1 Å². The van der Waals surface area contributed by atoms with Crippen LogP contribution in [0.25, 0.3) is 10.4 Å². The predicted molar refractivity (Wildman–Crippen MR) is 106 cm³/mol. The Morgan fingerprint density at radius 2 is 1.77 bits per heavy atom. The van der Waals surface area contributed by atoms with Gasteiger partial charge in [-0.25, -0.2) is 13.2 Å². The summed E-state index contributed by atoms with van der Waals surface area (Å²) in [5.74, 6) is -1.53. The van der Waals surface area contributed by atoms with Crippen LogP contribution in [-0.2, 0) is 14.6 Å². The van der Waals surface area contributed by atoms with E-state index in [0.29, 0.717) is 30.5 Å². The van der Waals surface area contributed by atoms with Crippen molar-refractivity contribution in [2.45, 2.75) is 36.7 Å². The second-order valence-corrected chi connectivity index (χ2v) is 8.36. The predicted octanol–water partition coefficient (Wildman–Crippen LogP) is 3.18. The molecule has 0 saturated heterocycles. The second-order valence-electron chi connectivity index (χ2n) is 6.32. The molecule has 0 spiro atoms. The van der Waals surface area contributed by atoms with Crippen molar-refractivity contribution < 1.29 is 33.0 Å². The SMILES string of the molecule is [N-]=[N+]=NCCCCCC(CS(=O)(=O)c1ccccc1)OC(=O)On1c(O)ccc1O. The summed E-state index contributed by atoms with van der Waals surface area (Å²) in [5.41, 5.74) is 8.27. The third-order valence-electron chi connectivity index (χ3n) is 4.08. The monoisotopic (exact) mass is 438 g/mol. The lowest BCUT2D eigenvalue weighted by atomic mass is 10.1. The number of aromatic hydroxyl groups is 2. The van der Waals surface area contributed by atoms with Gasteiger partial charge >= 0.3 is 6.16 Å². The van der Waals surface area contributed by atoms with Gasteiger partial charge in [0.2, 0.25) is 11.8 Å². The first-order valence-electron chi connectivity index (χ1n) is 9.11. The zero-order valence-corrected chi connectivity index (χ0v) is 16.8. The van der Waals surface area contributed by atoms with Gasteiger partial charge in [-0.1, -0.05) is 29.7 Å². The molecule has 30 heavy (non-hydrogen) atoms. The molecule has 0 fully saturated rings. The Morgan fingerprint density at radius 3 is 2.40 bits per heavy atom. The van der Waals surface area contributed by atoms with Crippen molar-refractivity contribution in [1.29, 1.82) is 0 Å². The maximum atomic E-state index is 12.7. The Morgan fingerprint density at radius 1 is 1.10 bits per heavy atom. The van der Waals surface area contributed by atoms with Crippen molar-refractivity contribution in [2.75, 3.05) is 12.3 Å². The van der Waals surface area contributed by atoms with Gasteiger partial charge in [-0.2, -0.15) is 0 Å². The van der Waals surface area contributed by atoms with E-state index < -0.39 is 39.6 Å². The largest absolute Gasteiger partial charge is 0.534 e. The molecule has 1 aromatic heterocycles. The number of unbranched alkanes of at least 4 members (excludes halogenated alkanes) is 2. The molecule has 12 heteroatoms. The molecule has 0 aliphatic heterocycles. The topological polar surface area (TPSA) is 164 Å². The summed E-state index contributed by atoms with van der Waals surface area (Å²) in [5, 5.41) is 22.5. The van der Waals surface area contributed by atoms with Crippen LogP contribution in [0.5, 0.6) is 11.8 Å². The number of hydrogen-bond acceptors (Lipinski definition) is 8. The van der Waals surface area contributed by atoms with Crippen LogP contribution in [-0.4, -0.2) is 47.9 Å². The number of hydrogen-bond donors (Lipinski definition) is 2. The second kappa shape index (κ2) is 11.0. The minimum atomic E-state index is -3.74. The Hall–Kier alpha value is -3.37. The van der Waals surface area contributed by atoms with Gasteiger partial charge in [0.05, 0.1) is 10.6 Å². The average Bonchev–Trinajstić information content (AvgIpc) is 3.03. The van der Waals surface area contributed by atoms with E-state index in [0.717, 1.165) is 12.1 Å². The van der Waals surface area contributed by atoms with Gasteiger partial charge in [0.15, 0.2) is 9.84 Å². The quantitative estimate of drug-likeness (QED) is 0.179. The van der Waals surface area contributed by atoms with Crippen LogP contribution < -0.4 is 4.84 Å². The average molecular weight is 438 g/mol. The first kappa shape index (κ1) is 22.9. The first-order valence-corrected chi connectivity index (χ1v) is 10.8. The third-order valence-corrected chi connectivity index (χ3v) is 5.88. The minimum absolute atomic E-state index is 0.0935. The fourth-order valence-corrected chi connectivity index (χ4v) is 4.14. The van der Waals surface area contributed by atoms with E-state index >= 15 is 0 Å². The van der Waals surface area contributed by atoms with Crippen LogP contribution in [0, 0.1) is 0 Å². The van der Waals surface area contributed by atoms with Gasteiger partial charge in [-0.15, -0.1) is 4.73 Å². The third kappa shape index (κ3) is 6.90. The zero-order valence-electron chi connectivity index (χ0n) is 16.0. The number of azide groups is 1. The molecule has 162 valence electrons. The molecule has 0 radical (unpaired) electrons. The number of benzene rings is 1. The molecule has 0 amide bonds. The Kier molecular flexibility index (Phi) is 8.39. The van der Waals surface area contributed by atoms with Crippen molar-refractivity contribution in [1.82, 2.24) is 4.73 Å². The van der Waals surface area contributed by atoms with Crippen LogP contribution in [0.15, 0.2) is 52.5 Å². The molecule has 0 saturated carbocycles. The highest BCUT2D eigenvalue weighted by Crippen LogP contribution is 2.20. The molecule has 1 atom stereocenters. The van der Waals surface area contributed by atoms with E-state index in [1.807, 2.05) is 0 Å². The lowest BCUT2D eigenvalue weighted by Crippen LogP contribution is -2.31. The highest BCUT2D eigenvalue weighted by Gasteiger charge is 2.26. The standard InChI is InChI=1S/C18H22N4O7S/c19-21-20-12-6-2-3-7-14(13-30(26,27)15-8-4-1-5-9-15)28-18(25)29-22-16(23)10-11-17(22)24/h1,4-5,8-11,14,23-24H,2-3,6-7,12-13H2. The van der Waals surface area contributed by atoms with Gasteiger partial charge in [0, 0.05) is 23.6 Å². The van der Waals surface area contributed by atoms with E-state index in [1.54, 1.807) is 18.2 Å². The van der Waals surface area contributed by atoms with Crippen molar-refractivity contribution in [3.05, 3.63) is 52.9 Å². The van der Waals surface area contributed by atoms with Crippen molar-refractivity contribution in [2.24, 2.45) is 5.11 Å². The van der Waals surface area contributed by atoms with Gasteiger partial charge in [-0.05, 0) is 36.9 Å². The molecule has 1 unspecified atom stereocenters. The summed E-state index contributed by atoms with van der Waals surface area (Å²) in [6.07, 6.45) is -0.318. The lowest BCUT2D eigenvalue weighted by molar-refractivity contribution is 0.0123. The van der Waals surface area contributed by atoms with Crippen LogP contribution in [0.1, 0.15) is 25.7 Å². The smallest absolute Gasteiger partial charge is 0.492 e. The number of aromatic nitrogens is 1. The Balaban J connectivity index is 2.04. The number of carbonyl (C=O) groups excluding carboxylic acids is 1. The molecular weight excluding hydrogens is 416 g/mol. The van der Waals surface area contributed by atoms with Crippen molar-refractivity contribution in [3.63, 3.8) is 0 Å². The molecule has 0 aliphatic carbocycles. The summed E-state index contributed by atoms with van der Waals surface area (Å²) in [6.45, 7) is 0.318. The summed E-state index contributed by atoms with van der Waals surface area (Å²) in [4.78, 5) is 19.6. The van der Waals surface area contributed by atoms with E-state index in [9.17, 15) is 23.4 Å².